The van der Waals surface area contributed by atoms with Crippen LogP contribution in [0.2, 0.25) is 0 Å². The first kappa shape index (κ1) is 21.1. The van der Waals surface area contributed by atoms with E-state index >= 15 is 0 Å². The zero-order valence-electron chi connectivity index (χ0n) is 17.5. The highest BCUT2D eigenvalue weighted by Crippen LogP contribution is 2.50. The summed E-state index contributed by atoms with van der Waals surface area (Å²) in [7, 11) is 0. The minimum absolute atomic E-state index is 0.00429. The summed E-state index contributed by atoms with van der Waals surface area (Å²) >= 11 is 0. The maximum Gasteiger partial charge on any atom is 0.245 e. The van der Waals surface area contributed by atoms with Crippen molar-refractivity contribution >= 4 is 11.6 Å². The van der Waals surface area contributed by atoms with E-state index < -0.39 is 11.0 Å². The van der Waals surface area contributed by atoms with E-state index in [2.05, 4.69) is 5.32 Å². The highest BCUT2D eigenvalue weighted by atomic mass is 16.5. The summed E-state index contributed by atoms with van der Waals surface area (Å²) in [5, 5.41) is 2.99. The molecule has 2 aliphatic rings. The Balaban J connectivity index is 1.63. The Morgan fingerprint density at radius 2 is 2.04 bits per heavy atom. The second kappa shape index (κ2) is 8.39. The van der Waals surface area contributed by atoms with Gasteiger partial charge in [-0.25, -0.2) is 0 Å². The van der Waals surface area contributed by atoms with Crippen molar-refractivity contribution < 1.29 is 19.0 Å². The molecular formula is C22H34N2O4. The van der Waals surface area contributed by atoms with E-state index in [0.717, 1.165) is 37.4 Å². The minimum atomic E-state index is -0.944. The van der Waals surface area contributed by atoms with Gasteiger partial charge in [-0.2, -0.15) is 0 Å². The van der Waals surface area contributed by atoms with Crippen molar-refractivity contribution in [2.45, 2.75) is 58.6 Å². The molecule has 6 nitrogen and oxygen atoms in total. The van der Waals surface area contributed by atoms with Crippen LogP contribution in [0.15, 0.2) is 18.2 Å². The number of benzene rings is 1. The van der Waals surface area contributed by atoms with Gasteiger partial charge < -0.3 is 25.3 Å². The van der Waals surface area contributed by atoms with Crippen molar-refractivity contribution in [1.29, 1.82) is 0 Å². The lowest BCUT2D eigenvalue weighted by Crippen LogP contribution is -2.74. The maximum atomic E-state index is 12.9. The molecule has 0 spiro atoms. The molecule has 1 aliphatic carbocycles. The number of carbonyl (C=O) groups excluding carboxylic acids is 1. The molecule has 2 unspecified atom stereocenters. The highest BCUT2D eigenvalue weighted by molar-refractivity contribution is 6.00. The van der Waals surface area contributed by atoms with Crippen molar-refractivity contribution in [3.05, 3.63) is 23.8 Å². The first-order valence-electron chi connectivity index (χ1n) is 10.3. The number of anilines is 1. The van der Waals surface area contributed by atoms with Crippen LogP contribution in [0.1, 0.15) is 45.6 Å². The maximum absolute atomic E-state index is 12.9. The predicted molar refractivity (Wildman–Crippen MR) is 110 cm³/mol. The monoisotopic (exact) mass is 390 g/mol. The van der Waals surface area contributed by atoms with E-state index in [1.807, 2.05) is 45.9 Å². The van der Waals surface area contributed by atoms with Crippen LogP contribution in [0.3, 0.4) is 0 Å². The molecule has 156 valence electrons. The van der Waals surface area contributed by atoms with Crippen LogP contribution in [0, 0.1) is 18.3 Å². The smallest absolute Gasteiger partial charge is 0.245 e. The van der Waals surface area contributed by atoms with Gasteiger partial charge >= 0.3 is 0 Å². The van der Waals surface area contributed by atoms with E-state index in [1.54, 1.807) is 0 Å². The van der Waals surface area contributed by atoms with Gasteiger partial charge in [-0.3, -0.25) is 4.79 Å². The van der Waals surface area contributed by atoms with Gasteiger partial charge in [-0.1, -0.05) is 19.9 Å². The fourth-order valence-electron chi connectivity index (χ4n) is 4.02. The lowest BCUT2D eigenvalue weighted by atomic mass is 9.54. The van der Waals surface area contributed by atoms with Crippen LogP contribution < -0.4 is 15.8 Å². The number of ether oxygens (including phenoxy) is 3. The van der Waals surface area contributed by atoms with Crippen LogP contribution in [0.5, 0.6) is 5.75 Å². The van der Waals surface area contributed by atoms with Gasteiger partial charge in [0.05, 0.1) is 12.7 Å². The predicted octanol–water partition coefficient (Wildman–Crippen LogP) is 3.27. The molecule has 6 heteroatoms. The van der Waals surface area contributed by atoms with E-state index in [9.17, 15) is 4.79 Å². The van der Waals surface area contributed by atoms with Crippen molar-refractivity contribution in [1.82, 2.24) is 0 Å². The molecule has 1 aromatic carbocycles. The molecule has 1 aromatic rings. The Labute approximate surface area is 168 Å². The molecule has 28 heavy (non-hydrogen) atoms. The first-order valence-corrected chi connectivity index (χ1v) is 10.3. The van der Waals surface area contributed by atoms with Crippen LogP contribution in [-0.2, 0) is 14.3 Å². The molecule has 1 amide bonds. The summed E-state index contributed by atoms with van der Waals surface area (Å²) in [4.78, 5) is 12.9. The summed E-state index contributed by atoms with van der Waals surface area (Å²) < 4.78 is 17.2. The fourth-order valence-corrected chi connectivity index (χ4v) is 4.02. The van der Waals surface area contributed by atoms with Gasteiger partial charge in [0.25, 0.3) is 0 Å². The zero-order valence-corrected chi connectivity index (χ0v) is 17.5. The van der Waals surface area contributed by atoms with E-state index in [0.29, 0.717) is 31.2 Å². The molecule has 0 radical (unpaired) electrons. The molecule has 3 rings (SSSR count). The summed E-state index contributed by atoms with van der Waals surface area (Å²) in [5.74, 6) is 1.15. The Morgan fingerprint density at radius 3 is 2.68 bits per heavy atom. The van der Waals surface area contributed by atoms with Crippen molar-refractivity contribution in [3.8, 4) is 5.75 Å². The number of hydrogen-bond acceptors (Lipinski definition) is 5. The Morgan fingerprint density at radius 1 is 1.32 bits per heavy atom. The molecule has 3 N–H and O–H groups in total. The fraction of sp³-hybridized carbons (Fsp3) is 0.682. The van der Waals surface area contributed by atoms with E-state index in [-0.39, 0.29) is 12.0 Å². The number of carbonyl (C=O) groups is 1. The quantitative estimate of drug-likeness (QED) is 0.747. The first-order chi connectivity index (χ1) is 13.3. The van der Waals surface area contributed by atoms with Crippen molar-refractivity contribution in [2.24, 2.45) is 17.1 Å². The summed E-state index contributed by atoms with van der Waals surface area (Å²) in [6.07, 6.45) is 2.59. The third-order valence-corrected chi connectivity index (χ3v) is 6.50. The van der Waals surface area contributed by atoms with Crippen molar-refractivity contribution in [3.63, 3.8) is 0 Å². The lowest BCUT2D eigenvalue weighted by molar-refractivity contribution is -0.166. The number of aryl methyl sites for hydroxylation is 1. The van der Waals surface area contributed by atoms with Gasteiger partial charge in [-0.05, 0) is 44.2 Å². The van der Waals surface area contributed by atoms with Gasteiger partial charge in [-0.15, -0.1) is 0 Å². The average Bonchev–Trinajstić information content (AvgIpc) is 2.68. The standard InChI is InChI=1S/C22H34N2O4/c1-5-27-19-13-22(23,21(19,3)4)20(25)24-17-7-6-15(2)18(12-17)28-14-16-8-10-26-11-9-16/h6-7,12,16,19H,5,8-11,13-14,23H2,1-4H3,(H,24,25). The van der Waals surface area contributed by atoms with Gasteiger partial charge in [0.15, 0.2) is 0 Å². The topological polar surface area (TPSA) is 82.8 Å². The van der Waals surface area contributed by atoms with Crippen LogP contribution in [0.4, 0.5) is 5.69 Å². The number of hydrogen-bond donors (Lipinski definition) is 2. The highest BCUT2D eigenvalue weighted by Gasteiger charge is 2.62. The Hall–Kier alpha value is -1.63. The average molecular weight is 391 g/mol. The van der Waals surface area contributed by atoms with Crippen molar-refractivity contribution in [2.75, 3.05) is 31.7 Å². The zero-order chi connectivity index (χ0) is 20.4. The number of nitrogens with one attached hydrogen (secondary N) is 1. The second-order valence-electron chi connectivity index (χ2n) is 8.64. The molecule has 0 bridgehead atoms. The van der Waals surface area contributed by atoms with Crippen LogP contribution in [-0.4, -0.2) is 44.0 Å². The number of amides is 1. The Kier molecular flexibility index (Phi) is 6.32. The second-order valence-corrected chi connectivity index (χ2v) is 8.64. The Bertz CT molecular complexity index is 700. The summed E-state index contributed by atoms with van der Waals surface area (Å²) in [5.41, 5.74) is 6.88. The van der Waals surface area contributed by atoms with E-state index in [4.69, 9.17) is 19.9 Å². The van der Waals surface area contributed by atoms with Crippen LogP contribution in [0.25, 0.3) is 0 Å². The molecule has 2 fully saturated rings. The molecule has 1 heterocycles. The molecule has 0 aromatic heterocycles. The van der Waals surface area contributed by atoms with Crippen LogP contribution >= 0.6 is 0 Å². The third-order valence-electron chi connectivity index (χ3n) is 6.50. The number of nitrogens with two attached hydrogens (primary N) is 1. The molecular weight excluding hydrogens is 356 g/mol. The minimum Gasteiger partial charge on any atom is -0.493 e. The lowest BCUT2D eigenvalue weighted by Gasteiger charge is -2.57. The number of rotatable bonds is 7. The molecule has 2 atom stereocenters. The van der Waals surface area contributed by atoms with Gasteiger partial charge in [0.2, 0.25) is 5.91 Å². The molecule has 1 saturated heterocycles. The summed E-state index contributed by atoms with van der Waals surface area (Å²) in [6.45, 7) is 10.9. The van der Waals surface area contributed by atoms with Gasteiger partial charge in [0, 0.05) is 43.4 Å². The SMILES string of the molecule is CCOC1CC(N)(C(=O)Nc2ccc(C)c(OCC3CCOCC3)c2)C1(C)C. The van der Waals surface area contributed by atoms with E-state index in [1.165, 1.54) is 0 Å². The van der Waals surface area contributed by atoms with Gasteiger partial charge in [0.1, 0.15) is 11.3 Å². The molecule has 1 saturated carbocycles. The largest absolute Gasteiger partial charge is 0.493 e. The normalized spacial score (nSPS) is 27.1. The summed E-state index contributed by atoms with van der Waals surface area (Å²) in [6, 6.07) is 5.75. The molecule has 1 aliphatic heterocycles. The third kappa shape index (κ3) is 4.04.